The molecule has 0 bridgehead atoms. The van der Waals surface area contributed by atoms with Crippen molar-refractivity contribution in [2.45, 2.75) is 26.2 Å². The van der Waals surface area contributed by atoms with Crippen LogP contribution in [0.25, 0.3) is 0 Å². The van der Waals surface area contributed by atoms with E-state index in [-0.39, 0.29) is 5.78 Å². The van der Waals surface area contributed by atoms with Crippen molar-refractivity contribution in [2.75, 3.05) is 6.61 Å². The van der Waals surface area contributed by atoms with Gasteiger partial charge in [-0.2, -0.15) is 0 Å². The summed E-state index contributed by atoms with van der Waals surface area (Å²) in [4.78, 5) is 18.5. The van der Waals surface area contributed by atoms with Crippen molar-refractivity contribution in [2.24, 2.45) is 0 Å². The number of aromatic amines is 1. The van der Waals surface area contributed by atoms with Crippen LogP contribution in [0.1, 0.15) is 35.8 Å². The van der Waals surface area contributed by atoms with Crippen LogP contribution in [0.15, 0.2) is 36.8 Å². The molecular weight excluding hydrogens is 240 g/mol. The third-order valence-electron chi connectivity index (χ3n) is 2.91. The lowest BCUT2D eigenvalue weighted by molar-refractivity contribution is 0.0988. The number of ketones is 1. The molecule has 1 aromatic heterocycles. The fraction of sp³-hybridized carbons (Fsp3) is 0.333. The zero-order chi connectivity index (χ0) is 13.5. The average molecular weight is 258 g/mol. The minimum atomic E-state index is 0.158. The molecule has 0 unspecified atom stereocenters. The topological polar surface area (TPSA) is 55.0 Å². The van der Waals surface area contributed by atoms with Gasteiger partial charge in [0.05, 0.1) is 12.9 Å². The molecule has 19 heavy (non-hydrogen) atoms. The van der Waals surface area contributed by atoms with Gasteiger partial charge < -0.3 is 9.72 Å². The lowest BCUT2D eigenvalue weighted by Gasteiger charge is -2.06. The van der Waals surface area contributed by atoms with E-state index in [0.29, 0.717) is 13.0 Å². The Balaban J connectivity index is 1.75. The minimum absolute atomic E-state index is 0.158. The molecule has 0 saturated carbocycles. The number of aryl methyl sites for hydroxylation is 1. The summed E-state index contributed by atoms with van der Waals surface area (Å²) in [6.07, 6.45) is 5.89. The number of carbonyl (C=O) groups is 1. The molecule has 2 aromatic rings. The van der Waals surface area contributed by atoms with E-state index < -0.39 is 0 Å². The SMILES string of the molecule is CCC(=O)c1ccc(OCCCc2cnc[nH]2)cc1. The number of H-pyrrole nitrogens is 1. The molecule has 1 heterocycles. The van der Waals surface area contributed by atoms with Crippen molar-refractivity contribution < 1.29 is 9.53 Å². The van der Waals surface area contributed by atoms with Gasteiger partial charge in [-0.3, -0.25) is 4.79 Å². The number of benzene rings is 1. The molecule has 1 N–H and O–H groups in total. The van der Waals surface area contributed by atoms with Gasteiger partial charge >= 0.3 is 0 Å². The van der Waals surface area contributed by atoms with Gasteiger partial charge in [0.2, 0.25) is 0 Å². The maximum atomic E-state index is 11.5. The monoisotopic (exact) mass is 258 g/mol. The zero-order valence-corrected chi connectivity index (χ0v) is 11.1. The highest BCUT2D eigenvalue weighted by atomic mass is 16.5. The smallest absolute Gasteiger partial charge is 0.162 e. The van der Waals surface area contributed by atoms with Gasteiger partial charge in [-0.25, -0.2) is 4.98 Å². The van der Waals surface area contributed by atoms with Crippen LogP contribution in [-0.2, 0) is 6.42 Å². The highest BCUT2D eigenvalue weighted by Crippen LogP contribution is 2.14. The van der Waals surface area contributed by atoms with Crippen LogP contribution < -0.4 is 4.74 Å². The highest BCUT2D eigenvalue weighted by Gasteiger charge is 2.02. The molecule has 0 saturated heterocycles. The Bertz CT molecular complexity index is 503. The number of rotatable bonds is 7. The minimum Gasteiger partial charge on any atom is -0.494 e. The van der Waals surface area contributed by atoms with Crippen LogP contribution in [0.5, 0.6) is 5.75 Å². The number of imidazole rings is 1. The Labute approximate surface area is 112 Å². The second-order valence-corrected chi connectivity index (χ2v) is 4.33. The highest BCUT2D eigenvalue weighted by molar-refractivity contribution is 5.95. The molecule has 0 atom stereocenters. The van der Waals surface area contributed by atoms with Crippen molar-refractivity contribution in [1.82, 2.24) is 9.97 Å². The van der Waals surface area contributed by atoms with E-state index in [1.807, 2.05) is 37.4 Å². The van der Waals surface area contributed by atoms with E-state index in [1.54, 1.807) is 6.33 Å². The Morgan fingerprint density at radius 2 is 2.11 bits per heavy atom. The predicted octanol–water partition coefficient (Wildman–Crippen LogP) is 3.01. The maximum absolute atomic E-state index is 11.5. The number of nitrogens with one attached hydrogen (secondary N) is 1. The average Bonchev–Trinajstić information content (AvgIpc) is 2.96. The molecule has 0 aliphatic rings. The summed E-state index contributed by atoms with van der Waals surface area (Å²) in [5.41, 5.74) is 1.86. The van der Waals surface area contributed by atoms with Crippen LogP contribution in [0.2, 0.25) is 0 Å². The fourth-order valence-corrected chi connectivity index (χ4v) is 1.82. The van der Waals surface area contributed by atoms with Crippen LogP contribution in [-0.4, -0.2) is 22.4 Å². The summed E-state index contributed by atoms with van der Waals surface area (Å²) < 4.78 is 5.63. The van der Waals surface area contributed by atoms with E-state index in [0.717, 1.165) is 29.8 Å². The van der Waals surface area contributed by atoms with Gasteiger partial charge in [0, 0.05) is 23.9 Å². The summed E-state index contributed by atoms with van der Waals surface area (Å²) in [5, 5.41) is 0. The molecule has 0 fully saturated rings. The van der Waals surface area contributed by atoms with Crippen LogP contribution in [0, 0.1) is 0 Å². The van der Waals surface area contributed by atoms with Gasteiger partial charge in [0.1, 0.15) is 5.75 Å². The standard InChI is InChI=1S/C15H18N2O2/c1-2-15(18)12-5-7-14(8-6-12)19-9-3-4-13-10-16-11-17-13/h5-8,10-11H,2-4,9H2,1H3,(H,16,17). The number of Topliss-reactive ketones (excluding diaryl/α,β-unsaturated/α-hetero) is 1. The molecule has 0 aliphatic heterocycles. The molecule has 4 heteroatoms. The van der Waals surface area contributed by atoms with E-state index in [1.165, 1.54) is 0 Å². The predicted molar refractivity (Wildman–Crippen MR) is 73.5 cm³/mol. The zero-order valence-electron chi connectivity index (χ0n) is 11.1. The number of hydrogen-bond donors (Lipinski definition) is 1. The Morgan fingerprint density at radius 1 is 1.32 bits per heavy atom. The lowest BCUT2D eigenvalue weighted by Crippen LogP contribution is -2.00. The first-order valence-electron chi connectivity index (χ1n) is 6.53. The van der Waals surface area contributed by atoms with Gasteiger partial charge in [0.15, 0.2) is 5.78 Å². The summed E-state index contributed by atoms with van der Waals surface area (Å²) in [7, 11) is 0. The number of aromatic nitrogens is 2. The molecule has 1 aromatic carbocycles. The Morgan fingerprint density at radius 3 is 2.74 bits per heavy atom. The molecule has 0 amide bonds. The maximum Gasteiger partial charge on any atom is 0.162 e. The first kappa shape index (κ1) is 13.3. The van der Waals surface area contributed by atoms with E-state index >= 15 is 0 Å². The number of carbonyl (C=O) groups excluding carboxylic acids is 1. The number of ether oxygens (including phenoxy) is 1. The van der Waals surface area contributed by atoms with Crippen molar-refractivity contribution in [3.63, 3.8) is 0 Å². The van der Waals surface area contributed by atoms with Gasteiger partial charge in [-0.1, -0.05) is 6.92 Å². The largest absolute Gasteiger partial charge is 0.494 e. The summed E-state index contributed by atoms with van der Waals surface area (Å²) in [5.74, 6) is 0.961. The third-order valence-corrected chi connectivity index (χ3v) is 2.91. The van der Waals surface area contributed by atoms with Crippen LogP contribution >= 0.6 is 0 Å². The third kappa shape index (κ3) is 3.95. The van der Waals surface area contributed by atoms with Crippen molar-refractivity contribution >= 4 is 5.78 Å². The Hall–Kier alpha value is -2.10. The molecule has 0 spiro atoms. The normalized spacial score (nSPS) is 10.4. The molecule has 2 rings (SSSR count). The molecule has 0 radical (unpaired) electrons. The van der Waals surface area contributed by atoms with Crippen LogP contribution in [0.3, 0.4) is 0 Å². The van der Waals surface area contributed by atoms with Crippen molar-refractivity contribution in [1.29, 1.82) is 0 Å². The fourth-order valence-electron chi connectivity index (χ4n) is 1.82. The van der Waals surface area contributed by atoms with E-state index in [9.17, 15) is 4.79 Å². The van der Waals surface area contributed by atoms with Gasteiger partial charge in [0.25, 0.3) is 0 Å². The number of nitrogens with zero attached hydrogens (tertiary/aromatic N) is 1. The first-order chi connectivity index (χ1) is 9.29. The van der Waals surface area contributed by atoms with E-state index in [2.05, 4.69) is 9.97 Å². The second-order valence-electron chi connectivity index (χ2n) is 4.33. The molecule has 100 valence electrons. The first-order valence-corrected chi connectivity index (χ1v) is 6.53. The van der Waals surface area contributed by atoms with Crippen molar-refractivity contribution in [3.8, 4) is 5.75 Å². The quantitative estimate of drug-likeness (QED) is 0.613. The summed E-state index contributed by atoms with van der Waals surface area (Å²) in [6.45, 7) is 2.52. The van der Waals surface area contributed by atoms with E-state index in [4.69, 9.17) is 4.74 Å². The lowest BCUT2D eigenvalue weighted by atomic mass is 10.1. The number of hydrogen-bond acceptors (Lipinski definition) is 3. The van der Waals surface area contributed by atoms with Crippen LogP contribution in [0.4, 0.5) is 0 Å². The summed E-state index contributed by atoms with van der Waals surface area (Å²) in [6, 6.07) is 7.32. The summed E-state index contributed by atoms with van der Waals surface area (Å²) >= 11 is 0. The van der Waals surface area contributed by atoms with Gasteiger partial charge in [-0.15, -0.1) is 0 Å². The molecular formula is C15H18N2O2. The van der Waals surface area contributed by atoms with Gasteiger partial charge in [-0.05, 0) is 37.1 Å². The van der Waals surface area contributed by atoms with Crippen molar-refractivity contribution in [3.05, 3.63) is 48.0 Å². The molecule has 0 aliphatic carbocycles. The second kappa shape index (κ2) is 6.73. The molecule has 4 nitrogen and oxygen atoms in total. The Kier molecular flexibility index (Phi) is 4.72.